The molecule has 4 rings (SSSR count). The number of nitrogens with zero attached hydrogens (tertiary/aromatic N) is 2. The summed E-state index contributed by atoms with van der Waals surface area (Å²) in [5.74, 6) is 0. The van der Waals surface area contributed by atoms with Crippen molar-refractivity contribution < 1.29 is 0 Å². The normalized spacial score (nSPS) is 12.3. The topological polar surface area (TPSA) is 16.1 Å². The summed E-state index contributed by atoms with van der Waals surface area (Å²) >= 11 is 5.34. The van der Waals surface area contributed by atoms with Crippen molar-refractivity contribution in [3.63, 3.8) is 0 Å². The van der Waals surface area contributed by atoms with E-state index < -0.39 is 0 Å². The van der Waals surface area contributed by atoms with E-state index in [0.717, 1.165) is 33.4 Å². The van der Waals surface area contributed by atoms with Crippen LogP contribution in [0, 0.1) is 0 Å². The minimum atomic E-state index is 0.950. The van der Waals surface area contributed by atoms with E-state index in [9.17, 15) is 0 Å². The number of hydrogen-bond acceptors (Lipinski definition) is 3. The van der Waals surface area contributed by atoms with Crippen LogP contribution in [0.4, 0.5) is 0 Å². The van der Waals surface area contributed by atoms with Crippen LogP contribution in [0.15, 0.2) is 94.4 Å². The van der Waals surface area contributed by atoms with Gasteiger partial charge in [-0.2, -0.15) is 0 Å². The van der Waals surface area contributed by atoms with Crippen molar-refractivity contribution in [2.45, 2.75) is 11.4 Å². The van der Waals surface area contributed by atoms with E-state index in [4.69, 9.17) is 4.98 Å². The van der Waals surface area contributed by atoms with Crippen LogP contribution in [-0.4, -0.2) is 36.8 Å². The van der Waals surface area contributed by atoms with Crippen molar-refractivity contribution >= 4 is 49.7 Å². The molecule has 2 nitrogen and oxygen atoms in total. The molecule has 0 fully saturated rings. The first-order chi connectivity index (χ1) is 15.6. The van der Waals surface area contributed by atoms with Crippen molar-refractivity contribution in [2.75, 3.05) is 26.9 Å². The Morgan fingerprint density at radius 1 is 0.875 bits per heavy atom. The summed E-state index contributed by atoms with van der Waals surface area (Å²) in [5.41, 5.74) is 7.29. The second kappa shape index (κ2) is 10.5. The average molecular weight is 504 g/mol. The summed E-state index contributed by atoms with van der Waals surface area (Å²) in [6, 6.07) is 30.1. The zero-order valence-corrected chi connectivity index (χ0v) is 21.1. The maximum atomic E-state index is 5.05. The first-order valence-electron chi connectivity index (χ1n) is 10.7. The average Bonchev–Trinajstić information content (AvgIpc) is 2.82. The number of benzene rings is 3. The molecule has 3 aromatic carbocycles. The minimum absolute atomic E-state index is 0.950. The SMILES string of the molecule is CSc1nc2ccc(Br)cc2cc1/C(=C(/CCN(C)C)c1ccccc1)c1ccccc1. The third-order valence-corrected chi connectivity index (χ3v) is 6.69. The second-order valence-corrected chi connectivity index (χ2v) is 9.73. The van der Waals surface area contributed by atoms with E-state index >= 15 is 0 Å². The number of rotatable bonds is 7. The minimum Gasteiger partial charge on any atom is -0.309 e. The van der Waals surface area contributed by atoms with Crippen LogP contribution in [-0.2, 0) is 0 Å². The van der Waals surface area contributed by atoms with E-state index in [1.54, 1.807) is 11.8 Å². The largest absolute Gasteiger partial charge is 0.309 e. The molecule has 4 heteroatoms. The zero-order chi connectivity index (χ0) is 22.5. The van der Waals surface area contributed by atoms with Gasteiger partial charge in [0.25, 0.3) is 0 Å². The first-order valence-corrected chi connectivity index (χ1v) is 12.7. The van der Waals surface area contributed by atoms with E-state index in [1.165, 1.54) is 27.8 Å². The molecule has 32 heavy (non-hydrogen) atoms. The molecule has 0 saturated carbocycles. The highest BCUT2D eigenvalue weighted by Gasteiger charge is 2.19. The van der Waals surface area contributed by atoms with Gasteiger partial charge in [-0.05, 0) is 73.3 Å². The number of thioether (sulfide) groups is 1. The Bertz CT molecular complexity index is 1230. The fourth-order valence-electron chi connectivity index (χ4n) is 3.95. The van der Waals surface area contributed by atoms with Crippen LogP contribution in [0.5, 0.6) is 0 Å². The van der Waals surface area contributed by atoms with Crippen molar-refractivity contribution in [2.24, 2.45) is 0 Å². The lowest BCUT2D eigenvalue weighted by atomic mass is 9.88. The predicted octanol–water partition coefficient (Wildman–Crippen LogP) is 7.63. The van der Waals surface area contributed by atoms with Gasteiger partial charge in [0.2, 0.25) is 0 Å². The number of hydrogen-bond donors (Lipinski definition) is 0. The summed E-state index contributed by atoms with van der Waals surface area (Å²) in [5, 5.41) is 2.19. The van der Waals surface area contributed by atoms with Gasteiger partial charge in [0.15, 0.2) is 0 Å². The lowest BCUT2D eigenvalue weighted by Gasteiger charge is -2.21. The van der Waals surface area contributed by atoms with Gasteiger partial charge in [0, 0.05) is 22.0 Å². The van der Waals surface area contributed by atoms with Crippen LogP contribution >= 0.6 is 27.7 Å². The summed E-state index contributed by atoms with van der Waals surface area (Å²) in [6.45, 7) is 0.974. The maximum Gasteiger partial charge on any atom is 0.104 e. The third kappa shape index (κ3) is 5.15. The van der Waals surface area contributed by atoms with Gasteiger partial charge in [-0.15, -0.1) is 11.8 Å². The molecule has 0 N–H and O–H groups in total. The third-order valence-electron chi connectivity index (χ3n) is 5.50. The summed E-state index contributed by atoms with van der Waals surface area (Å²) < 4.78 is 1.07. The molecular weight excluding hydrogens is 476 g/mol. The maximum absolute atomic E-state index is 5.05. The van der Waals surface area contributed by atoms with Gasteiger partial charge in [-0.3, -0.25) is 0 Å². The van der Waals surface area contributed by atoms with Gasteiger partial charge in [0.05, 0.1) is 5.52 Å². The fourth-order valence-corrected chi connectivity index (χ4v) is 4.90. The Kier molecular flexibility index (Phi) is 7.46. The van der Waals surface area contributed by atoms with E-state index in [-0.39, 0.29) is 0 Å². The Labute approximate surface area is 203 Å². The van der Waals surface area contributed by atoms with Crippen LogP contribution < -0.4 is 0 Å². The van der Waals surface area contributed by atoms with Gasteiger partial charge in [0.1, 0.15) is 5.03 Å². The standard InChI is InChI=1S/C28H27BrN2S/c1-31(2)17-16-24(20-10-6-4-7-11-20)27(21-12-8-5-9-13-21)25-19-22-18-23(29)14-15-26(22)30-28(25)32-3/h4-15,18-19H,16-17H2,1-3H3/b27-24-. The summed E-state index contributed by atoms with van der Waals surface area (Å²) in [7, 11) is 4.26. The van der Waals surface area contributed by atoms with E-state index in [1.807, 2.05) is 0 Å². The molecule has 162 valence electrons. The van der Waals surface area contributed by atoms with Gasteiger partial charge < -0.3 is 4.90 Å². The van der Waals surface area contributed by atoms with Crippen molar-refractivity contribution in [3.8, 4) is 0 Å². The molecule has 0 spiro atoms. The molecule has 0 aliphatic heterocycles. The van der Waals surface area contributed by atoms with Crippen LogP contribution in [0.1, 0.15) is 23.1 Å². The molecule has 0 aliphatic rings. The van der Waals surface area contributed by atoms with Crippen molar-refractivity contribution in [3.05, 3.63) is 106 Å². The number of pyridine rings is 1. The molecule has 1 aromatic heterocycles. The van der Waals surface area contributed by atoms with Gasteiger partial charge in [-0.25, -0.2) is 4.98 Å². The van der Waals surface area contributed by atoms with E-state index in [0.29, 0.717) is 0 Å². The van der Waals surface area contributed by atoms with Gasteiger partial charge >= 0.3 is 0 Å². The van der Waals surface area contributed by atoms with Crippen molar-refractivity contribution in [1.29, 1.82) is 0 Å². The Morgan fingerprint density at radius 3 is 2.16 bits per heavy atom. The Balaban J connectivity index is 2.06. The molecule has 0 aliphatic carbocycles. The quantitative estimate of drug-likeness (QED) is 0.191. The summed E-state index contributed by atoms with van der Waals surface area (Å²) in [4.78, 5) is 7.30. The molecule has 0 radical (unpaired) electrons. The molecule has 0 atom stereocenters. The second-order valence-electron chi connectivity index (χ2n) is 8.02. The Morgan fingerprint density at radius 2 is 1.53 bits per heavy atom. The van der Waals surface area contributed by atoms with Crippen LogP contribution in [0.3, 0.4) is 0 Å². The number of fused-ring (bicyclic) bond motifs is 1. The van der Waals surface area contributed by atoms with Crippen LogP contribution in [0.2, 0.25) is 0 Å². The molecule has 0 unspecified atom stereocenters. The Hall–Kier alpha value is -2.40. The molecule has 0 amide bonds. The van der Waals surface area contributed by atoms with E-state index in [2.05, 4.69) is 126 Å². The van der Waals surface area contributed by atoms with Gasteiger partial charge in [-0.1, -0.05) is 76.6 Å². The highest BCUT2D eigenvalue weighted by Crippen LogP contribution is 2.39. The highest BCUT2D eigenvalue weighted by molar-refractivity contribution is 9.10. The highest BCUT2D eigenvalue weighted by atomic mass is 79.9. The fraction of sp³-hybridized carbons (Fsp3) is 0.179. The molecule has 1 heterocycles. The molecule has 4 aromatic rings. The lowest BCUT2D eigenvalue weighted by Crippen LogP contribution is -2.14. The first kappa shape index (κ1) is 22.8. The predicted molar refractivity (Wildman–Crippen MR) is 143 cm³/mol. The number of aromatic nitrogens is 1. The zero-order valence-electron chi connectivity index (χ0n) is 18.7. The molecule has 0 bridgehead atoms. The monoisotopic (exact) mass is 502 g/mol. The van der Waals surface area contributed by atoms with Crippen molar-refractivity contribution in [1.82, 2.24) is 9.88 Å². The van der Waals surface area contributed by atoms with Crippen LogP contribution in [0.25, 0.3) is 22.0 Å². The molecular formula is C28H27BrN2S. The molecule has 0 saturated heterocycles. The summed E-state index contributed by atoms with van der Waals surface area (Å²) in [6.07, 6.45) is 3.06. The number of halogens is 1. The lowest BCUT2D eigenvalue weighted by molar-refractivity contribution is 0.419. The smallest absolute Gasteiger partial charge is 0.104 e.